The van der Waals surface area contributed by atoms with E-state index in [1.54, 1.807) is 7.11 Å². The molecule has 3 heteroatoms. The van der Waals surface area contributed by atoms with Gasteiger partial charge in [0.05, 0.1) is 13.2 Å². The molecule has 1 aromatic carbocycles. The Morgan fingerprint density at radius 3 is 2.47 bits per heavy atom. The van der Waals surface area contributed by atoms with E-state index >= 15 is 0 Å². The van der Waals surface area contributed by atoms with Gasteiger partial charge < -0.3 is 9.47 Å². The summed E-state index contributed by atoms with van der Waals surface area (Å²) in [6.45, 7) is 4.94. The van der Waals surface area contributed by atoms with Crippen LogP contribution in [-0.2, 0) is 4.74 Å². The van der Waals surface area contributed by atoms with Crippen molar-refractivity contribution in [3.63, 3.8) is 0 Å². The van der Waals surface area contributed by atoms with Crippen molar-refractivity contribution in [3.05, 3.63) is 29.8 Å². The number of hydrogen-bond donors (Lipinski definition) is 1. The normalized spacial score (nSPS) is 24.1. The van der Waals surface area contributed by atoms with Crippen LogP contribution in [0.5, 0.6) is 5.75 Å². The zero-order valence-corrected chi connectivity index (χ0v) is 9.41. The Labute approximate surface area is 90.4 Å². The number of rotatable bonds is 2. The first-order valence-corrected chi connectivity index (χ1v) is 5.17. The first-order valence-electron chi connectivity index (χ1n) is 5.17. The van der Waals surface area contributed by atoms with E-state index in [2.05, 4.69) is 5.32 Å². The molecule has 0 amide bonds. The Morgan fingerprint density at radius 1 is 1.33 bits per heavy atom. The number of hydrogen-bond acceptors (Lipinski definition) is 3. The molecule has 1 fully saturated rings. The van der Waals surface area contributed by atoms with Gasteiger partial charge in [-0.1, -0.05) is 12.1 Å². The van der Waals surface area contributed by atoms with Crippen LogP contribution in [0.4, 0.5) is 0 Å². The third kappa shape index (κ3) is 2.30. The first kappa shape index (κ1) is 10.5. The van der Waals surface area contributed by atoms with E-state index in [9.17, 15) is 0 Å². The third-order valence-electron chi connectivity index (χ3n) is 2.64. The zero-order chi connectivity index (χ0) is 10.9. The van der Waals surface area contributed by atoms with Gasteiger partial charge in [0, 0.05) is 6.54 Å². The highest BCUT2D eigenvalue weighted by Crippen LogP contribution is 2.28. The van der Waals surface area contributed by atoms with Crippen LogP contribution in [0.3, 0.4) is 0 Å². The molecule has 0 aromatic heterocycles. The average molecular weight is 207 g/mol. The van der Waals surface area contributed by atoms with E-state index in [1.807, 2.05) is 38.1 Å². The molecule has 0 spiro atoms. The van der Waals surface area contributed by atoms with Crippen LogP contribution in [0.25, 0.3) is 0 Å². The lowest BCUT2D eigenvalue weighted by atomic mass is 10.1. The van der Waals surface area contributed by atoms with Gasteiger partial charge >= 0.3 is 0 Å². The highest BCUT2D eigenvalue weighted by molar-refractivity contribution is 5.29. The fourth-order valence-electron chi connectivity index (χ4n) is 1.78. The van der Waals surface area contributed by atoms with Gasteiger partial charge in [-0.25, -0.2) is 0 Å². The predicted molar refractivity (Wildman–Crippen MR) is 58.9 cm³/mol. The summed E-state index contributed by atoms with van der Waals surface area (Å²) in [4.78, 5) is 0. The van der Waals surface area contributed by atoms with Crippen LogP contribution >= 0.6 is 0 Å². The molecule has 1 N–H and O–H groups in total. The van der Waals surface area contributed by atoms with Crippen molar-refractivity contribution in [1.82, 2.24) is 5.32 Å². The average Bonchev–Trinajstić information content (AvgIpc) is 2.59. The minimum absolute atomic E-state index is 0.144. The molecule has 1 heterocycles. The SMILES string of the molecule is COc1ccc([C@@H]2CNC(C)(C)O2)cc1. The van der Waals surface area contributed by atoms with Gasteiger partial charge in [0.2, 0.25) is 0 Å². The van der Waals surface area contributed by atoms with Gasteiger partial charge in [-0.05, 0) is 31.5 Å². The molecule has 0 radical (unpaired) electrons. The van der Waals surface area contributed by atoms with Crippen molar-refractivity contribution in [1.29, 1.82) is 0 Å². The standard InChI is InChI=1S/C12H17NO2/c1-12(2)13-8-11(15-12)9-4-6-10(14-3)7-5-9/h4-7,11,13H,8H2,1-3H3/t11-/m0/s1. The summed E-state index contributed by atoms with van der Waals surface area (Å²) in [7, 11) is 1.67. The summed E-state index contributed by atoms with van der Waals surface area (Å²) in [6, 6.07) is 8.02. The fourth-order valence-corrected chi connectivity index (χ4v) is 1.78. The molecule has 2 rings (SSSR count). The minimum atomic E-state index is -0.218. The van der Waals surface area contributed by atoms with Crippen molar-refractivity contribution in [2.24, 2.45) is 0 Å². The third-order valence-corrected chi connectivity index (χ3v) is 2.64. The second-order valence-electron chi connectivity index (χ2n) is 4.27. The summed E-state index contributed by atoms with van der Waals surface area (Å²) < 4.78 is 11.0. The van der Waals surface area contributed by atoms with Gasteiger partial charge in [0.15, 0.2) is 0 Å². The Hall–Kier alpha value is -1.06. The molecule has 1 atom stereocenters. The van der Waals surface area contributed by atoms with Crippen LogP contribution < -0.4 is 10.1 Å². The molecule has 1 aliphatic heterocycles. The van der Waals surface area contributed by atoms with E-state index in [-0.39, 0.29) is 11.8 Å². The van der Waals surface area contributed by atoms with Crippen LogP contribution in [0, 0.1) is 0 Å². The maximum Gasteiger partial charge on any atom is 0.118 e. The number of benzene rings is 1. The number of methoxy groups -OCH3 is 1. The summed E-state index contributed by atoms with van der Waals surface area (Å²) >= 11 is 0. The first-order chi connectivity index (χ1) is 7.11. The highest BCUT2D eigenvalue weighted by Gasteiger charge is 2.31. The van der Waals surface area contributed by atoms with E-state index in [0.717, 1.165) is 12.3 Å². The minimum Gasteiger partial charge on any atom is -0.497 e. The van der Waals surface area contributed by atoms with E-state index in [4.69, 9.17) is 9.47 Å². The molecule has 15 heavy (non-hydrogen) atoms. The zero-order valence-electron chi connectivity index (χ0n) is 9.41. The van der Waals surface area contributed by atoms with E-state index < -0.39 is 0 Å². The summed E-state index contributed by atoms with van der Waals surface area (Å²) in [5.74, 6) is 0.879. The van der Waals surface area contributed by atoms with Gasteiger partial charge in [-0.2, -0.15) is 0 Å². The molecule has 1 aromatic rings. The molecule has 82 valence electrons. The predicted octanol–water partition coefficient (Wildman–Crippen LogP) is 2.09. The lowest BCUT2D eigenvalue weighted by Crippen LogP contribution is -2.33. The second-order valence-corrected chi connectivity index (χ2v) is 4.27. The van der Waals surface area contributed by atoms with Crippen molar-refractivity contribution in [3.8, 4) is 5.75 Å². The van der Waals surface area contributed by atoms with Crippen molar-refractivity contribution < 1.29 is 9.47 Å². The van der Waals surface area contributed by atoms with Crippen molar-refractivity contribution in [2.45, 2.75) is 25.7 Å². The van der Waals surface area contributed by atoms with Gasteiger partial charge in [-0.3, -0.25) is 5.32 Å². The topological polar surface area (TPSA) is 30.5 Å². The molecule has 0 bridgehead atoms. The van der Waals surface area contributed by atoms with Gasteiger partial charge in [-0.15, -0.1) is 0 Å². The fraction of sp³-hybridized carbons (Fsp3) is 0.500. The largest absolute Gasteiger partial charge is 0.497 e. The van der Waals surface area contributed by atoms with Gasteiger partial charge in [0.1, 0.15) is 11.5 Å². The van der Waals surface area contributed by atoms with Crippen molar-refractivity contribution >= 4 is 0 Å². The second kappa shape index (κ2) is 3.83. The van der Waals surface area contributed by atoms with E-state index in [0.29, 0.717) is 0 Å². The van der Waals surface area contributed by atoms with Crippen molar-refractivity contribution in [2.75, 3.05) is 13.7 Å². The quantitative estimate of drug-likeness (QED) is 0.805. The molecule has 0 saturated carbocycles. The molecular formula is C12H17NO2. The Balaban J connectivity index is 2.11. The van der Waals surface area contributed by atoms with E-state index in [1.165, 1.54) is 5.56 Å². The highest BCUT2D eigenvalue weighted by atomic mass is 16.5. The van der Waals surface area contributed by atoms with Crippen LogP contribution in [0.1, 0.15) is 25.5 Å². The van der Waals surface area contributed by atoms with Crippen LogP contribution in [0.15, 0.2) is 24.3 Å². The van der Waals surface area contributed by atoms with Gasteiger partial charge in [0.25, 0.3) is 0 Å². The summed E-state index contributed by atoms with van der Waals surface area (Å²) in [6.07, 6.45) is 0.144. The Bertz CT molecular complexity index is 332. The summed E-state index contributed by atoms with van der Waals surface area (Å²) in [5, 5.41) is 3.32. The molecule has 1 aliphatic rings. The smallest absolute Gasteiger partial charge is 0.118 e. The molecule has 1 saturated heterocycles. The lowest BCUT2D eigenvalue weighted by Gasteiger charge is -2.18. The molecule has 0 aliphatic carbocycles. The summed E-state index contributed by atoms with van der Waals surface area (Å²) in [5.41, 5.74) is 0.971. The maximum atomic E-state index is 5.86. The Kier molecular flexibility index (Phi) is 2.67. The molecular weight excluding hydrogens is 190 g/mol. The molecule has 3 nitrogen and oxygen atoms in total. The Morgan fingerprint density at radius 2 is 2.00 bits per heavy atom. The maximum absolute atomic E-state index is 5.86. The number of ether oxygens (including phenoxy) is 2. The molecule has 0 unspecified atom stereocenters. The number of nitrogens with one attached hydrogen (secondary N) is 1. The lowest BCUT2D eigenvalue weighted by molar-refractivity contribution is -0.0241. The monoisotopic (exact) mass is 207 g/mol. The van der Waals surface area contributed by atoms with Crippen LogP contribution in [-0.4, -0.2) is 19.4 Å². The van der Waals surface area contributed by atoms with Crippen LogP contribution in [0.2, 0.25) is 0 Å².